The molecule has 12 heteroatoms. The van der Waals surface area contributed by atoms with Crippen molar-refractivity contribution in [1.82, 2.24) is 15.6 Å². The Morgan fingerprint density at radius 2 is 1.72 bits per heavy atom. The van der Waals surface area contributed by atoms with Gasteiger partial charge in [0.2, 0.25) is 5.17 Å². The number of fused-ring (bicyclic) bond motifs is 1. The first-order chi connectivity index (χ1) is 19.0. The number of benzene rings is 3. The van der Waals surface area contributed by atoms with Gasteiger partial charge in [-0.1, -0.05) is 84.6 Å². The van der Waals surface area contributed by atoms with Crippen molar-refractivity contribution in [2.45, 2.75) is 11.3 Å². The highest BCUT2D eigenvalue weighted by Gasteiger charge is 2.42. The van der Waals surface area contributed by atoms with Crippen molar-refractivity contribution in [3.05, 3.63) is 117 Å². The van der Waals surface area contributed by atoms with Crippen molar-refractivity contribution in [3.8, 4) is 0 Å². The quantitative estimate of drug-likeness (QED) is 0.287. The van der Waals surface area contributed by atoms with Crippen LogP contribution in [-0.2, 0) is 4.79 Å². The number of nitro benzene ring substituents is 1. The van der Waals surface area contributed by atoms with Crippen LogP contribution < -0.4 is 10.6 Å². The molecule has 192 valence electrons. The predicted molar refractivity (Wildman–Crippen MR) is 148 cm³/mol. The Morgan fingerprint density at radius 1 is 0.974 bits per heavy atom. The third-order valence-electron chi connectivity index (χ3n) is 6.15. The largest absolute Gasteiger partial charge is 0.329 e. The zero-order valence-electron chi connectivity index (χ0n) is 20.1. The van der Waals surface area contributed by atoms with E-state index in [0.29, 0.717) is 22.8 Å². The molecule has 39 heavy (non-hydrogen) atoms. The van der Waals surface area contributed by atoms with E-state index in [0.717, 1.165) is 5.56 Å². The average Bonchev–Trinajstić information content (AvgIpc) is 3.49. The summed E-state index contributed by atoms with van der Waals surface area (Å²) in [6.45, 7) is 0. The van der Waals surface area contributed by atoms with Gasteiger partial charge in [-0.15, -0.1) is 5.10 Å². The number of nitrogens with zero attached hydrogens (tertiary/aromatic N) is 5. The van der Waals surface area contributed by atoms with Crippen molar-refractivity contribution in [2.24, 2.45) is 15.1 Å². The molecule has 3 heterocycles. The van der Waals surface area contributed by atoms with Gasteiger partial charge < -0.3 is 5.32 Å². The smallest absolute Gasteiger partial charge is 0.320 e. The van der Waals surface area contributed by atoms with Gasteiger partial charge in [0.15, 0.2) is 5.84 Å². The minimum atomic E-state index is -0.597. The number of amides is 3. The van der Waals surface area contributed by atoms with E-state index in [2.05, 4.69) is 25.7 Å². The fourth-order valence-electron chi connectivity index (χ4n) is 4.36. The molecule has 6 rings (SSSR count). The number of thioether (sulfide) groups is 1. The highest BCUT2D eigenvalue weighted by molar-refractivity contribution is 8.15. The Bertz CT molecular complexity index is 1620. The van der Waals surface area contributed by atoms with Crippen LogP contribution in [0.3, 0.4) is 0 Å². The number of rotatable bonds is 5. The summed E-state index contributed by atoms with van der Waals surface area (Å²) in [5.41, 5.74) is 2.22. The van der Waals surface area contributed by atoms with Crippen LogP contribution in [0.4, 0.5) is 10.5 Å². The number of hydrazone groups is 1. The van der Waals surface area contributed by atoms with Gasteiger partial charge in [0.25, 0.3) is 11.6 Å². The van der Waals surface area contributed by atoms with Crippen LogP contribution in [0.1, 0.15) is 22.7 Å². The molecule has 0 aliphatic carbocycles. The minimum Gasteiger partial charge on any atom is -0.329 e. The van der Waals surface area contributed by atoms with E-state index in [4.69, 9.17) is 0 Å². The monoisotopic (exact) mass is 537 g/mol. The Labute approximate surface area is 226 Å². The van der Waals surface area contributed by atoms with E-state index in [9.17, 15) is 19.7 Å². The van der Waals surface area contributed by atoms with Crippen LogP contribution in [0, 0.1) is 10.1 Å². The standard InChI is InChI=1S/C27H19N7O4S/c35-25-20(14-16-8-3-1-4-9-16)28-24(17-10-5-2-6-11-17)33(25)32-27-31-23-22(39-27)21(29-26(36)30-23)18-12-7-13-19(15-18)34(37)38/h1-15,21-22H,(H2,29,30,31,32,36)/b20-14+. The third kappa shape index (κ3) is 4.80. The number of hydrogen-bond donors (Lipinski definition) is 2. The molecule has 0 spiro atoms. The third-order valence-corrected chi connectivity index (χ3v) is 7.28. The second kappa shape index (κ2) is 9.99. The van der Waals surface area contributed by atoms with Gasteiger partial charge in [-0.2, -0.15) is 5.01 Å². The number of urea groups is 1. The maximum Gasteiger partial charge on any atom is 0.320 e. The number of nitrogens with one attached hydrogen (secondary N) is 2. The normalized spacial score (nSPS) is 22.3. The zero-order valence-corrected chi connectivity index (χ0v) is 20.9. The molecular formula is C27H19N7O4S. The lowest BCUT2D eigenvalue weighted by Crippen LogP contribution is -2.54. The lowest BCUT2D eigenvalue weighted by Gasteiger charge is -2.30. The summed E-state index contributed by atoms with van der Waals surface area (Å²) in [4.78, 5) is 45.7. The molecule has 3 aromatic rings. The van der Waals surface area contributed by atoms with Crippen LogP contribution >= 0.6 is 11.8 Å². The molecule has 0 saturated carbocycles. The van der Waals surface area contributed by atoms with Gasteiger partial charge in [0.1, 0.15) is 11.5 Å². The summed E-state index contributed by atoms with van der Waals surface area (Å²) in [6.07, 6.45) is 1.70. The first-order valence-corrected chi connectivity index (χ1v) is 12.8. The maximum atomic E-state index is 13.5. The number of non-ortho nitro benzene ring substituents is 1. The predicted octanol–water partition coefficient (Wildman–Crippen LogP) is 4.06. The molecule has 3 aliphatic rings. The van der Waals surface area contributed by atoms with E-state index in [1.807, 2.05) is 60.7 Å². The Kier molecular flexibility index (Phi) is 6.21. The second-order valence-corrected chi connectivity index (χ2v) is 9.81. The van der Waals surface area contributed by atoms with Crippen molar-refractivity contribution in [3.63, 3.8) is 0 Å². The molecule has 0 bridgehead atoms. The molecule has 3 aromatic carbocycles. The lowest BCUT2D eigenvalue weighted by atomic mass is 10.0. The SMILES string of the molecule is O=C1NC2=N/C(=N/N3C(=O)/C(=C\c4ccccc4)N=C3c3ccccc3)SC2C(c2cccc([N+](=O)[O-])c2)N1. The molecule has 3 amide bonds. The summed E-state index contributed by atoms with van der Waals surface area (Å²) in [5.74, 6) is 0.283. The van der Waals surface area contributed by atoms with Crippen LogP contribution in [0.15, 0.2) is 106 Å². The summed E-state index contributed by atoms with van der Waals surface area (Å²) in [6, 6.07) is 23.6. The Hall–Kier alpha value is -5.10. The van der Waals surface area contributed by atoms with Gasteiger partial charge in [0, 0.05) is 17.7 Å². The van der Waals surface area contributed by atoms with E-state index < -0.39 is 28.2 Å². The summed E-state index contributed by atoms with van der Waals surface area (Å²) in [7, 11) is 0. The molecule has 1 saturated heterocycles. The van der Waals surface area contributed by atoms with Crippen molar-refractivity contribution >= 4 is 52.3 Å². The molecular weight excluding hydrogens is 518 g/mol. The first-order valence-electron chi connectivity index (χ1n) is 11.9. The van der Waals surface area contributed by atoms with Gasteiger partial charge in [-0.25, -0.2) is 14.8 Å². The second-order valence-electron chi connectivity index (χ2n) is 8.70. The first kappa shape index (κ1) is 24.2. The molecule has 0 radical (unpaired) electrons. The Morgan fingerprint density at radius 3 is 2.46 bits per heavy atom. The van der Waals surface area contributed by atoms with Crippen LogP contribution in [0.2, 0.25) is 0 Å². The molecule has 2 atom stereocenters. The highest BCUT2D eigenvalue weighted by Crippen LogP contribution is 2.36. The number of carbonyl (C=O) groups excluding carboxylic acids is 2. The minimum absolute atomic E-state index is 0.0835. The van der Waals surface area contributed by atoms with Crippen LogP contribution in [-0.4, -0.2) is 44.0 Å². The number of aliphatic imine (C=N–C) groups is 2. The molecule has 1 fully saturated rings. The fraction of sp³-hybridized carbons (Fsp3) is 0.0741. The van der Waals surface area contributed by atoms with E-state index in [1.54, 1.807) is 18.2 Å². The average molecular weight is 538 g/mol. The number of nitro groups is 1. The molecule has 0 aromatic heterocycles. The van der Waals surface area contributed by atoms with E-state index in [-0.39, 0.29) is 16.6 Å². The van der Waals surface area contributed by atoms with Gasteiger partial charge in [0.05, 0.1) is 16.2 Å². The van der Waals surface area contributed by atoms with E-state index >= 15 is 0 Å². The summed E-state index contributed by atoms with van der Waals surface area (Å²) < 4.78 is 0. The maximum absolute atomic E-state index is 13.5. The number of carbonyl (C=O) groups is 2. The fourth-order valence-corrected chi connectivity index (χ4v) is 5.45. The summed E-state index contributed by atoms with van der Waals surface area (Å²) >= 11 is 1.24. The summed E-state index contributed by atoms with van der Waals surface area (Å²) in [5, 5.41) is 22.4. The van der Waals surface area contributed by atoms with Crippen molar-refractivity contribution in [2.75, 3.05) is 0 Å². The highest BCUT2D eigenvalue weighted by atomic mass is 32.2. The molecule has 11 nitrogen and oxygen atoms in total. The van der Waals surface area contributed by atoms with Crippen LogP contribution in [0.25, 0.3) is 6.08 Å². The van der Waals surface area contributed by atoms with Gasteiger partial charge in [-0.05, 0) is 17.2 Å². The van der Waals surface area contributed by atoms with Crippen LogP contribution in [0.5, 0.6) is 0 Å². The molecule has 2 unspecified atom stereocenters. The number of hydrogen-bond acceptors (Lipinski definition) is 7. The van der Waals surface area contributed by atoms with Gasteiger partial charge in [-0.3, -0.25) is 20.2 Å². The van der Waals surface area contributed by atoms with Crippen molar-refractivity contribution < 1.29 is 14.5 Å². The van der Waals surface area contributed by atoms with Gasteiger partial charge >= 0.3 is 6.03 Å². The molecule has 2 N–H and O–H groups in total. The van der Waals surface area contributed by atoms with E-state index in [1.165, 1.54) is 28.9 Å². The lowest BCUT2D eigenvalue weighted by molar-refractivity contribution is -0.384. The van der Waals surface area contributed by atoms with Crippen molar-refractivity contribution in [1.29, 1.82) is 0 Å². The zero-order chi connectivity index (χ0) is 26.9. The molecule has 3 aliphatic heterocycles. The number of amidine groups is 3. The topological polar surface area (TPSA) is 142 Å². The Balaban J connectivity index is 1.34.